The molecule has 15 atom stereocenters. The van der Waals surface area contributed by atoms with Gasteiger partial charge in [0, 0.05) is 68.6 Å². The van der Waals surface area contributed by atoms with Crippen molar-refractivity contribution in [2.45, 2.75) is 324 Å². The third kappa shape index (κ3) is 17.2. The van der Waals surface area contributed by atoms with Gasteiger partial charge in [0.05, 0.1) is 13.1 Å². The average Bonchev–Trinajstić information content (AvgIpc) is 1.59. The van der Waals surface area contributed by atoms with Crippen LogP contribution in [0.2, 0.25) is 0 Å². The second kappa shape index (κ2) is 40.4. The van der Waals surface area contributed by atoms with E-state index in [-0.39, 0.29) is 16.2 Å². The van der Waals surface area contributed by atoms with Crippen molar-refractivity contribution in [1.82, 2.24) is 0 Å². The summed E-state index contributed by atoms with van der Waals surface area (Å²) in [5, 5.41) is 0. The number of thiol groups is 6. The van der Waals surface area contributed by atoms with E-state index in [4.69, 9.17) is 110 Å². The van der Waals surface area contributed by atoms with E-state index in [1.54, 1.807) is 29.5 Å². The Bertz CT molecular complexity index is 2450. The molecule has 6 aliphatic rings. The lowest BCUT2D eigenvalue weighted by Gasteiger charge is -2.69. The molecule has 0 amide bonds. The first-order valence-corrected chi connectivity index (χ1v) is 60.1. The van der Waals surface area contributed by atoms with E-state index in [1.807, 2.05) is 0 Å². The Labute approximate surface area is 657 Å². The van der Waals surface area contributed by atoms with Crippen LogP contribution in [-0.2, 0) is 39.8 Å². The molecule has 6 aliphatic carbocycles. The SMILES string of the molecule is CCO[Si](OCC)(OCC)C1(S(S)(SS)C(=CC=C(C)CCCC(C)CCCCC(C)CCCC(C)CCCC(C)C)C(C)=C(S(S)(SS)C2([Si](OCC)(OCC)OCC)CC3CCC2(CC)C3)S(S)(SS)C2([Si](OCC)(OCC)OCC)CC3CCC2(CC)C3)CC2CCC1(CC)C2. The van der Waals surface area contributed by atoms with Gasteiger partial charge in [-0.3, -0.25) is 0 Å². The van der Waals surface area contributed by atoms with Crippen LogP contribution in [0.15, 0.2) is 32.4 Å². The van der Waals surface area contributed by atoms with Crippen molar-refractivity contribution in [2.75, 3.05) is 59.5 Å². The van der Waals surface area contributed by atoms with Crippen molar-refractivity contribution in [1.29, 1.82) is 0 Å². The summed E-state index contributed by atoms with van der Waals surface area (Å²) in [4.78, 5) is 1.15. The lowest BCUT2D eigenvalue weighted by atomic mass is 9.80. The van der Waals surface area contributed by atoms with Crippen molar-refractivity contribution in [3.8, 4) is 0 Å². The van der Waals surface area contributed by atoms with E-state index >= 15 is 0 Å². The molecule has 24 heteroatoms. The van der Waals surface area contributed by atoms with Gasteiger partial charge in [-0.05, 0) is 284 Å². The van der Waals surface area contributed by atoms with Crippen LogP contribution in [0, 0.1) is 57.7 Å². The van der Waals surface area contributed by atoms with Crippen LogP contribution in [0.4, 0.5) is 0 Å². The number of hydrogen-bond donors (Lipinski definition) is 6. The summed E-state index contributed by atoms with van der Waals surface area (Å²) < 4.78 is 67.6. The van der Waals surface area contributed by atoms with Crippen molar-refractivity contribution in [3.05, 3.63) is 32.4 Å². The third-order valence-electron chi connectivity index (χ3n) is 25.5. The van der Waals surface area contributed by atoms with E-state index < -0.39 is 63.8 Å². The van der Waals surface area contributed by atoms with Crippen LogP contribution in [-0.4, -0.2) is 99.0 Å². The zero-order chi connectivity index (χ0) is 73.4. The van der Waals surface area contributed by atoms with Gasteiger partial charge in [0.2, 0.25) is 0 Å². The molecule has 9 nitrogen and oxygen atoms in total. The molecule has 6 bridgehead atoms. The van der Waals surface area contributed by atoms with Crippen LogP contribution < -0.4 is 0 Å². The predicted molar refractivity (Wildman–Crippen MR) is 470 cm³/mol. The maximum absolute atomic E-state index is 7.66. The van der Waals surface area contributed by atoms with E-state index in [0.29, 0.717) is 83.1 Å². The van der Waals surface area contributed by atoms with Gasteiger partial charge in [-0.25, -0.2) is 0 Å². The highest BCUT2D eigenvalue weighted by Gasteiger charge is 2.87. The maximum atomic E-state index is 7.66. The Hall–Kier alpha value is 3.71. The molecule has 0 aromatic carbocycles. The summed E-state index contributed by atoms with van der Waals surface area (Å²) >= 11 is 38.2. The molecule has 15 unspecified atom stereocenters. The maximum Gasteiger partial charge on any atom is 0.518 e. The minimum absolute atomic E-state index is 0.238. The van der Waals surface area contributed by atoms with Crippen LogP contribution in [0.5, 0.6) is 0 Å². The van der Waals surface area contributed by atoms with Gasteiger partial charge in [-0.2, -0.15) is 0 Å². The number of fused-ring (bicyclic) bond motifs is 6. The first kappa shape index (κ1) is 91.6. The van der Waals surface area contributed by atoms with E-state index in [2.05, 4.69) is 144 Å². The fraction of sp³-hybridized carbons (Fsp3) is 0.920. The summed E-state index contributed by atoms with van der Waals surface area (Å²) in [7, 11) is -15.1. The Morgan fingerprint density at radius 3 is 0.960 bits per heavy atom. The molecule has 0 aromatic rings. The van der Waals surface area contributed by atoms with Gasteiger partial charge >= 0.3 is 26.4 Å². The highest BCUT2D eigenvalue weighted by molar-refractivity contribution is 9.43. The predicted octanol–water partition coefficient (Wildman–Crippen LogP) is 26.9. The number of rotatable bonds is 52. The van der Waals surface area contributed by atoms with Gasteiger partial charge in [-0.1, -0.05) is 162 Å². The largest absolute Gasteiger partial charge is 0.518 e. The average molecular weight is 1660 g/mol. The van der Waals surface area contributed by atoms with Crippen molar-refractivity contribution < 1.29 is 39.8 Å². The fourth-order valence-corrected chi connectivity index (χ4v) is 79.7. The Morgan fingerprint density at radius 1 is 0.404 bits per heavy atom. The molecule has 6 rings (SSSR count). The zero-order valence-electron chi connectivity index (χ0n) is 65.7. The Kier molecular flexibility index (Phi) is 37.4. The zero-order valence-corrected chi connectivity index (χ0v) is 78.9. The van der Waals surface area contributed by atoms with Gasteiger partial charge in [0.25, 0.3) is 0 Å². The molecule has 0 spiro atoms. The van der Waals surface area contributed by atoms with Gasteiger partial charge in [0.15, 0.2) is 0 Å². The van der Waals surface area contributed by atoms with Crippen LogP contribution >= 0.6 is 124 Å². The Morgan fingerprint density at radius 2 is 0.687 bits per heavy atom. The van der Waals surface area contributed by atoms with Gasteiger partial charge in [-0.15, -0.1) is 70.0 Å². The van der Waals surface area contributed by atoms with Crippen molar-refractivity contribution in [3.63, 3.8) is 0 Å². The molecule has 99 heavy (non-hydrogen) atoms. The fourth-order valence-electron chi connectivity index (χ4n) is 21.3. The molecule has 6 fully saturated rings. The monoisotopic (exact) mass is 1660 g/mol. The molecule has 6 saturated carbocycles. The van der Waals surface area contributed by atoms with Crippen LogP contribution in [0.25, 0.3) is 0 Å². The normalized spacial score (nSPS) is 31.7. The smallest absolute Gasteiger partial charge is 0.373 e. The van der Waals surface area contributed by atoms with Crippen LogP contribution in [0.3, 0.4) is 0 Å². The molecular weight excluding hydrogens is 1510 g/mol. The molecule has 0 heterocycles. The van der Waals surface area contributed by atoms with Gasteiger partial charge in [0.1, 0.15) is 0 Å². The number of hydrogen-bond acceptors (Lipinski definition) is 18. The second-order valence-corrected chi connectivity index (χ2v) is 65.2. The summed E-state index contributed by atoms with van der Waals surface area (Å²) in [6.45, 7) is 47.5. The second-order valence-electron chi connectivity index (χ2n) is 31.4. The summed E-state index contributed by atoms with van der Waals surface area (Å²) in [6, 6.07) is 0. The molecule has 0 aliphatic heterocycles. The molecule has 0 aromatic heterocycles. The third-order valence-corrected chi connectivity index (χ3v) is 77.1. The van der Waals surface area contributed by atoms with Crippen LogP contribution in [0.1, 0.15) is 311 Å². The molecule has 584 valence electrons. The molecular formula is C75H146O9S12Si3. The lowest BCUT2D eigenvalue weighted by molar-refractivity contribution is 0.0341. The first-order valence-electron chi connectivity index (χ1n) is 39.7. The highest BCUT2D eigenvalue weighted by Crippen LogP contribution is 3.02. The summed E-state index contributed by atoms with van der Waals surface area (Å²) in [5.74, 6) is 4.37. The minimum atomic E-state index is -3.92. The highest BCUT2D eigenvalue weighted by atomic mass is 33.7. The van der Waals surface area contributed by atoms with E-state index in [0.717, 1.165) is 137 Å². The van der Waals surface area contributed by atoms with E-state index in [1.165, 1.54) is 80.4 Å². The lowest BCUT2D eigenvalue weighted by Crippen LogP contribution is -2.73. The van der Waals surface area contributed by atoms with Crippen molar-refractivity contribution >= 4 is 150 Å². The minimum Gasteiger partial charge on any atom is -0.373 e. The van der Waals surface area contributed by atoms with Crippen molar-refractivity contribution in [2.24, 2.45) is 57.7 Å². The summed E-state index contributed by atoms with van der Waals surface area (Å²) in [5.41, 5.74) is 1.65. The van der Waals surface area contributed by atoms with E-state index in [9.17, 15) is 0 Å². The first-order chi connectivity index (χ1) is 47.2. The molecule has 0 radical (unpaired) electrons. The Balaban J connectivity index is 1.73. The number of allylic oxidation sites excluding steroid dienone is 4. The topological polar surface area (TPSA) is 83.1 Å². The summed E-state index contributed by atoms with van der Waals surface area (Å²) in [6.07, 6.45) is 36.8. The molecule has 0 saturated heterocycles. The van der Waals surface area contributed by atoms with Gasteiger partial charge < -0.3 is 39.8 Å². The quantitative estimate of drug-likeness (QED) is 0.0115. The molecule has 0 N–H and O–H groups in total. The number of unbranched alkanes of at least 4 members (excludes halogenated alkanes) is 1. The standard InChI is InChI=1S/C75H146O9S12Si3/c1-20-70-50-47-65(53-70)56-73(70,97(76-23-4,77-24-5)78-25-6)94(88,91-85)68(46-45-63(18)44-36-42-61(16)39-33-32-38-60(15)41-35-43-62(17)40-34-37-59(13)14)64(19)69(95(89,92-86)74(57-66-48-51-71(74,21-2)54-66)98(79-26-7,80-27-8)81-28-9)96(90,93-87)75(58-67-49-52-72(75,22-3)55-67)99(82-29-10,83-30-11)84-31-12/h45-46,59-62,65-67,85-90H,20-44,47-58H2,1-19H3.